The number of hydrogen-bond acceptors (Lipinski definition) is 3. The van der Waals surface area contributed by atoms with Crippen molar-refractivity contribution in [3.05, 3.63) is 36.4 Å². The van der Waals surface area contributed by atoms with E-state index in [0.29, 0.717) is 0 Å². The van der Waals surface area contributed by atoms with E-state index in [9.17, 15) is 0 Å². The van der Waals surface area contributed by atoms with Crippen molar-refractivity contribution < 1.29 is 0 Å². The maximum atomic E-state index is 4.24. The molecular weight excluding hydrogens is 174 g/mol. The van der Waals surface area contributed by atoms with Crippen LogP contribution in [0.1, 0.15) is 32.1 Å². The van der Waals surface area contributed by atoms with Crippen LogP contribution in [0.4, 0.5) is 0 Å². The van der Waals surface area contributed by atoms with Gasteiger partial charge in [-0.15, -0.1) is 6.58 Å². The molecule has 0 spiro atoms. The van der Waals surface area contributed by atoms with Crippen LogP contribution in [0.2, 0.25) is 0 Å². The summed E-state index contributed by atoms with van der Waals surface area (Å²) in [7, 11) is 0. The van der Waals surface area contributed by atoms with Gasteiger partial charge in [0.05, 0.1) is 6.04 Å². The van der Waals surface area contributed by atoms with E-state index in [1.165, 1.54) is 0 Å². The molecular formula is C11H17N3. The first kappa shape index (κ1) is 10.9. The molecule has 1 rings (SSSR count). The van der Waals surface area contributed by atoms with Gasteiger partial charge in [0.2, 0.25) is 0 Å². The van der Waals surface area contributed by atoms with Crippen molar-refractivity contribution in [3.8, 4) is 0 Å². The molecule has 0 aromatic carbocycles. The van der Waals surface area contributed by atoms with Gasteiger partial charge in [-0.25, -0.2) is 9.97 Å². The van der Waals surface area contributed by atoms with Crippen LogP contribution in [-0.4, -0.2) is 16.5 Å². The minimum absolute atomic E-state index is 0.193. The zero-order valence-electron chi connectivity index (χ0n) is 8.83. The molecule has 3 nitrogen and oxygen atoms in total. The first-order valence-corrected chi connectivity index (χ1v) is 4.88. The molecule has 0 aliphatic rings. The van der Waals surface area contributed by atoms with Crippen molar-refractivity contribution >= 4 is 0 Å². The number of nitrogens with one attached hydrogen (secondary N) is 1. The third-order valence-corrected chi connectivity index (χ3v) is 1.90. The summed E-state index contributed by atoms with van der Waals surface area (Å²) < 4.78 is 0. The predicted molar refractivity (Wildman–Crippen MR) is 57.9 cm³/mol. The molecule has 0 aliphatic heterocycles. The quantitative estimate of drug-likeness (QED) is 0.724. The highest BCUT2D eigenvalue weighted by molar-refractivity contribution is 5.02. The highest BCUT2D eigenvalue weighted by Gasteiger charge is 2.12. The fourth-order valence-corrected chi connectivity index (χ4v) is 1.34. The van der Waals surface area contributed by atoms with E-state index in [2.05, 4.69) is 28.8 Å². The van der Waals surface area contributed by atoms with Gasteiger partial charge in [0.25, 0.3) is 0 Å². The lowest BCUT2D eigenvalue weighted by molar-refractivity contribution is 0.520. The third kappa shape index (κ3) is 3.26. The van der Waals surface area contributed by atoms with Crippen LogP contribution in [0.25, 0.3) is 0 Å². The van der Waals surface area contributed by atoms with Crippen LogP contribution >= 0.6 is 0 Å². The smallest absolute Gasteiger partial charge is 0.145 e. The molecule has 0 saturated carbocycles. The Morgan fingerprint density at radius 1 is 1.50 bits per heavy atom. The summed E-state index contributed by atoms with van der Waals surface area (Å²) in [4.78, 5) is 8.47. The second-order valence-electron chi connectivity index (χ2n) is 3.38. The summed E-state index contributed by atoms with van der Waals surface area (Å²) in [5, 5.41) is 3.34. The topological polar surface area (TPSA) is 37.8 Å². The number of hydrogen-bond donors (Lipinski definition) is 1. The molecule has 1 aromatic heterocycles. The lowest BCUT2D eigenvalue weighted by atomic mass is 10.1. The zero-order valence-corrected chi connectivity index (χ0v) is 8.83. The molecule has 14 heavy (non-hydrogen) atoms. The first-order valence-electron chi connectivity index (χ1n) is 4.88. The summed E-state index contributed by atoms with van der Waals surface area (Å²) in [6, 6.07) is 2.02. The van der Waals surface area contributed by atoms with Crippen molar-refractivity contribution in [2.45, 2.75) is 26.3 Å². The average molecular weight is 191 g/mol. The van der Waals surface area contributed by atoms with Crippen LogP contribution in [0.5, 0.6) is 0 Å². The molecule has 1 unspecified atom stereocenters. The zero-order chi connectivity index (χ0) is 10.4. The minimum Gasteiger partial charge on any atom is -0.307 e. The molecule has 0 amide bonds. The Morgan fingerprint density at radius 2 is 2.14 bits per heavy atom. The maximum Gasteiger partial charge on any atom is 0.145 e. The van der Waals surface area contributed by atoms with Gasteiger partial charge >= 0.3 is 0 Å². The van der Waals surface area contributed by atoms with E-state index in [-0.39, 0.29) is 6.04 Å². The monoisotopic (exact) mass is 191 g/mol. The van der Waals surface area contributed by atoms with Crippen LogP contribution < -0.4 is 5.32 Å². The van der Waals surface area contributed by atoms with Gasteiger partial charge in [-0.05, 0) is 26.0 Å². The summed E-state index contributed by atoms with van der Waals surface area (Å²) in [6.07, 6.45) is 4.42. The van der Waals surface area contributed by atoms with Crippen molar-refractivity contribution in [1.29, 1.82) is 0 Å². The number of aromatic nitrogens is 2. The summed E-state index contributed by atoms with van der Waals surface area (Å²) in [6.45, 7) is 8.92. The van der Waals surface area contributed by atoms with Crippen molar-refractivity contribution in [1.82, 2.24) is 15.3 Å². The molecule has 1 aromatic rings. The van der Waals surface area contributed by atoms with Gasteiger partial charge in [0.1, 0.15) is 5.82 Å². The molecule has 0 saturated heterocycles. The van der Waals surface area contributed by atoms with E-state index in [4.69, 9.17) is 0 Å². The van der Waals surface area contributed by atoms with Crippen molar-refractivity contribution in [2.75, 3.05) is 6.54 Å². The van der Waals surface area contributed by atoms with Gasteiger partial charge in [0.15, 0.2) is 0 Å². The van der Waals surface area contributed by atoms with Crippen molar-refractivity contribution in [3.63, 3.8) is 0 Å². The van der Waals surface area contributed by atoms with Gasteiger partial charge in [0, 0.05) is 12.4 Å². The van der Waals surface area contributed by atoms with Crippen LogP contribution in [0.15, 0.2) is 30.6 Å². The van der Waals surface area contributed by atoms with Gasteiger partial charge in [-0.2, -0.15) is 0 Å². The Hall–Kier alpha value is -1.22. The minimum atomic E-state index is 0.193. The fourth-order valence-electron chi connectivity index (χ4n) is 1.34. The summed E-state index contributed by atoms with van der Waals surface area (Å²) in [5.41, 5.74) is 1.14. The van der Waals surface area contributed by atoms with Gasteiger partial charge < -0.3 is 5.32 Å². The highest BCUT2D eigenvalue weighted by Crippen LogP contribution is 2.15. The van der Waals surface area contributed by atoms with Crippen LogP contribution in [0, 0.1) is 0 Å². The summed E-state index contributed by atoms with van der Waals surface area (Å²) >= 11 is 0. The Kier molecular flexibility index (Phi) is 4.26. The average Bonchev–Trinajstić information content (AvgIpc) is 2.18. The SMILES string of the molecule is C=C(C)CC(NCC)c1ncccn1. The molecule has 3 heteroatoms. The Balaban J connectivity index is 2.72. The van der Waals surface area contributed by atoms with E-state index >= 15 is 0 Å². The van der Waals surface area contributed by atoms with Gasteiger partial charge in [-0.3, -0.25) is 0 Å². The Morgan fingerprint density at radius 3 is 2.64 bits per heavy atom. The normalized spacial score (nSPS) is 12.4. The molecule has 0 fully saturated rings. The maximum absolute atomic E-state index is 4.24. The second-order valence-corrected chi connectivity index (χ2v) is 3.38. The molecule has 0 bridgehead atoms. The molecule has 1 N–H and O–H groups in total. The molecule has 0 radical (unpaired) electrons. The van der Waals surface area contributed by atoms with E-state index in [1.807, 2.05) is 13.0 Å². The Bertz CT molecular complexity index is 282. The standard InChI is InChI=1S/C11H17N3/c1-4-12-10(8-9(2)3)11-13-6-5-7-14-11/h5-7,10,12H,2,4,8H2,1,3H3. The first-order chi connectivity index (χ1) is 6.74. The van der Waals surface area contributed by atoms with E-state index in [0.717, 1.165) is 24.4 Å². The van der Waals surface area contributed by atoms with Crippen LogP contribution in [0.3, 0.4) is 0 Å². The van der Waals surface area contributed by atoms with E-state index in [1.54, 1.807) is 12.4 Å². The fraction of sp³-hybridized carbons (Fsp3) is 0.455. The predicted octanol–water partition coefficient (Wildman–Crippen LogP) is 2.09. The van der Waals surface area contributed by atoms with E-state index < -0.39 is 0 Å². The number of nitrogens with zero attached hydrogens (tertiary/aromatic N) is 2. The van der Waals surface area contributed by atoms with Crippen LogP contribution in [-0.2, 0) is 0 Å². The third-order valence-electron chi connectivity index (χ3n) is 1.90. The van der Waals surface area contributed by atoms with Crippen molar-refractivity contribution in [2.24, 2.45) is 0 Å². The largest absolute Gasteiger partial charge is 0.307 e. The summed E-state index contributed by atoms with van der Waals surface area (Å²) in [5.74, 6) is 0.845. The van der Waals surface area contributed by atoms with Gasteiger partial charge in [-0.1, -0.05) is 12.5 Å². The molecule has 1 heterocycles. The molecule has 76 valence electrons. The highest BCUT2D eigenvalue weighted by atomic mass is 15.0. The lowest BCUT2D eigenvalue weighted by Crippen LogP contribution is -2.23. The Labute approximate surface area is 85.3 Å². The lowest BCUT2D eigenvalue weighted by Gasteiger charge is -2.15. The molecule has 1 atom stereocenters. The molecule has 0 aliphatic carbocycles. The number of rotatable bonds is 5. The second kappa shape index (κ2) is 5.50.